The lowest BCUT2D eigenvalue weighted by Gasteiger charge is -2.26. The van der Waals surface area contributed by atoms with Crippen molar-refractivity contribution in [3.8, 4) is 5.75 Å². The number of hydrogen-bond acceptors (Lipinski definition) is 4. The highest BCUT2D eigenvalue weighted by molar-refractivity contribution is 7.54. The fourth-order valence-electron chi connectivity index (χ4n) is 1.99. The zero-order valence-electron chi connectivity index (χ0n) is 10.8. The summed E-state index contributed by atoms with van der Waals surface area (Å²) in [6.45, 7) is 5.02. The molecule has 0 atom stereocenters. The third-order valence-electron chi connectivity index (χ3n) is 3.32. The third kappa shape index (κ3) is 3.14. The van der Waals surface area contributed by atoms with Crippen LogP contribution in [-0.2, 0) is 19.0 Å². The van der Waals surface area contributed by atoms with Crippen molar-refractivity contribution in [3.63, 3.8) is 0 Å². The van der Waals surface area contributed by atoms with Crippen LogP contribution in [0.25, 0.3) is 0 Å². The Morgan fingerprint density at radius 3 is 2.33 bits per heavy atom. The highest BCUT2D eigenvalue weighted by Gasteiger charge is 2.33. The summed E-state index contributed by atoms with van der Waals surface area (Å²) in [5.74, 6) is 0.254. The molecule has 1 aliphatic heterocycles. The van der Waals surface area contributed by atoms with Gasteiger partial charge in [-0.05, 0) is 29.5 Å². The van der Waals surface area contributed by atoms with Crippen LogP contribution in [0, 0.1) is 0 Å². The monoisotopic (exact) mass is 270 g/mol. The van der Waals surface area contributed by atoms with Gasteiger partial charge in [-0.25, -0.2) is 0 Å². The Labute approximate surface area is 107 Å². The Morgan fingerprint density at radius 2 is 1.78 bits per heavy atom. The lowest BCUT2D eigenvalue weighted by molar-refractivity contribution is 0.344. The molecule has 2 rings (SSSR count). The molecular formula is C13H19O4P. The standard InChI is InChI=1S/C13H19O4P/c1-13(2,11-3-5-12(14)6-4-11)7-10-18(15)16-8-9-17-18/h3-6,14H,7-10H2,1-2H3. The molecule has 0 saturated carbocycles. The van der Waals surface area contributed by atoms with Crippen LogP contribution in [0.4, 0.5) is 0 Å². The molecule has 1 heterocycles. The van der Waals surface area contributed by atoms with E-state index >= 15 is 0 Å². The van der Waals surface area contributed by atoms with Crippen molar-refractivity contribution in [2.45, 2.75) is 25.7 Å². The molecule has 0 spiro atoms. The van der Waals surface area contributed by atoms with E-state index in [0.29, 0.717) is 19.4 Å². The highest BCUT2D eigenvalue weighted by atomic mass is 31.2. The summed E-state index contributed by atoms with van der Waals surface area (Å²) < 4.78 is 22.4. The second-order valence-electron chi connectivity index (χ2n) is 5.18. The van der Waals surface area contributed by atoms with Crippen LogP contribution in [0.5, 0.6) is 5.75 Å². The molecular weight excluding hydrogens is 251 g/mol. The van der Waals surface area contributed by atoms with Crippen LogP contribution in [0.3, 0.4) is 0 Å². The number of rotatable bonds is 4. The van der Waals surface area contributed by atoms with E-state index in [4.69, 9.17) is 9.05 Å². The van der Waals surface area contributed by atoms with Crippen LogP contribution in [-0.4, -0.2) is 24.5 Å². The van der Waals surface area contributed by atoms with Gasteiger partial charge < -0.3 is 14.2 Å². The van der Waals surface area contributed by atoms with Crippen molar-refractivity contribution in [2.24, 2.45) is 0 Å². The zero-order valence-corrected chi connectivity index (χ0v) is 11.7. The summed E-state index contributed by atoms with van der Waals surface area (Å²) in [5, 5.41) is 9.28. The smallest absolute Gasteiger partial charge is 0.330 e. The molecule has 1 aliphatic rings. The first kappa shape index (κ1) is 13.6. The first-order chi connectivity index (χ1) is 8.41. The summed E-state index contributed by atoms with van der Waals surface area (Å²) in [7, 11) is -2.85. The van der Waals surface area contributed by atoms with Gasteiger partial charge in [0.05, 0.1) is 19.4 Å². The average Bonchev–Trinajstić information content (AvgIpc) is 2.75. The molecule has 4 nitrogen and oxygen atoms in total. The van der Waals surface area contributed by atoms with Gasteiger partial charge >= 0.3 is 7.60 Å². The van der Waals surface area contributed by atoms with E-state index < -0.39 is 7.60 Å². The minimum absolute atomic E-state index is 0.125. The number of phenols is 1. The molecule has 18 heavy (non-hydrogen) atoms. The summed E-state index contributed by atoms with van der Waals surface area (Å²) in [4.78, 5) is 0. The fourth-order valence-corrected chi connectivity index (χ4v) is 3.86. The Bertz CT molecular complexity index is 443. The van der Waals surface area contributed by atoms with E-state index in [1.807, 2.05) is 12.1 Å². The maximum absolute atomic E-state index is 12.1. The van der Waals surface area contributed by atoms with Crippen molar-refractivity contribution in [3.05, 3.63) is 29.8 Å². The Kier molecular flexibility index (Phi) is 3.81. The summed E-state index contributed by atoms with van der Waals surface area (Å²) >= 11 is 0. The largest absolute Gasteiger partial charge is 0.508 e. The van der Waals surface area contributed by atoms with Crippen LogP contribution in [0.2, 0.25) is 0 Å². The maximum atomic E-state index is 12.1. The van der Waals surface area contributed by atoms with Crippen LogP contribution < -0.4 is 0 Å². The molecule has 0 aromatic heterocycles. The molecule has 0 amide bonds. The lowest BCUT2D eigenvalue weighted by Crippen LogP contribution is -2.18. The maximum Gasteiger partial charge on any atom is 0.330 e. The molecule has 1 fully saturated rings. The number of hydrogen-bond donors (Lipinski definition) is 1. The highest BCUT2D eigenvalue weighted by Crippen LogP contribution is 2.53. The van der Waals surface area contributed by atoms with E-state index in [1.54, 1.807) is 12.1 Å². The van der Waals surface area contributed by atoms with Crippen molar-refractivity contribution in [2.75, 3.05) is 19.4 Å². The minimum atomic E-state index is -2.85. The molecule has 1 N–H and O–H groups in total. The number of phenolic OH excluding ortho intramolecular Hbond substituents is 1. The molecule has 0 aliphatic carbocycles. The number of benzene rings is 1. The predicted octanol–water partition coefficient (Wildman–Crippen LogP) is 3.30. The van der Waals surface area contributed by atoms with E-state index in [1.165, 1.54) is 0 Å². The molecule has 1 saturated heterocycles. The molecule has 0 unspecified atom stereocenters. The molecule has 100 valence electrons. The first-order valence-electron chi connectivity index (χ1n) is 6.09. The van der Waals surface area contributed by atoms with Crippen molar-refractivity contribution in [1.82, 2.24) is 0 Å². The van der Waals surface area contributed by atoms with Crippen molar-refractivity contribution >= 4 is 7.60 Å². The van der Waals surface area contributed by atoms with Gasteiger partial charge in [0.2, 0.25) is 0 Å². The molecule has 1 aromatic rings. The van der Waals surface area contributed by atoms with Gasteiger partial charge in [0.25, 0.3) is 0 Å². The normalized spacial score (nSPS) is 19.0. The second kappa shape index (κ2) is 5.04. The SMILES string of the molecule is CC(C)(CCP1(=O)OCCO1)c1ccc(O)cc1. The number of aromatic hydroxyl groups is 1. The van der Waals surface area contributed by atoms with Gasteiger partial charge in [-0.1, -0.05) is 26.0 Å². The van der Waals surface area contributed by atoms with Crippen molar-refractivity contribution < 1.29 is 18.7 Å². The Hall–Kier alpha value is -0.830. The molecule has 5 heteroatoms. The van der Waals surface area contributed by atoms with Crippen molar-refractivity contribution in [1.29, 1.82) is 0 Å². The summed E-state index contributed by atoms with van der Waals surface area (Å²) in [5.41, 5.74) is 0.978. The molecule has 0 radical (unpaired) electrons. The second-order valence-corrected chi connectivity index (χ2v) is 7.37. The predicted molar refractivity (Wildman–Crippen MR) is 70.1 cm³/mol. The van der Waals surface area contributed by atoms with Gasteiger partial charge in [-0.2, -0.15) is 0 Å². The van der Waals surface area contributed by atoms with E-state index in [0.717, 1.165) is 12.0 Å². The first-order valence-corrected chi connectivity index (χ1v) is 7.82. The topological polar surface area (TPSA) is 55.8 Å². The van der Waals surface area contributed by atoms with E-state index in [2.05, 4.69) is 13.8 Å². The van der Waals surface area contributed by atoms with Crippen LogP contribution in [0.15, 0.2) is 24.3 Å². The van der Waals surface area contributed by atoms with Crippen LogP contribution >= 0.6 is 7.60 Å². The lowest BCUT2D eigenvalue weighted by atomic mass is 9.82. The van der Waals surface area contributed by atoms with E-state index in [9.17, 15) is 9.67 Å². The summed E-state index contributed by atoms with van der Waals surface area (Å²) in [6, 6.07) is 7.12. The molecule has 0 bridgehead atoms. The Balaban J connectivity index is 2.02. The van der Waals surface area contributed by atoms with Gasteiger partial charge in [-0.15, -0.1) is 0 Å². The van der Waals surface area contributed by atoms with E-state index in [-0.39, 0.29) is 11.2 Å². The zero-order chi connectivity index (χ0) is 13.2. The fraction of sp³-hybridized carbons (Fsp3) is 0.538. The quantitative estimate of drug-likeness (QED) is 0.853. The average molecular weight is 270 g/mol. The third-order valence-corrected chi connectivity index (χ3v) is 5.24. The summed E-state index contributed by atoms with van der Waals surface area (Å²) in [6.07, 6.45) is 1.15. The van der Waals surface area contributed by atoms with Gasteiger partial charge in [0, 0.05) is 0 Å². The Morgan fingerprint density at radius 1 is 1.22 bits per heavy atom. The minimum Gasteiger partial charge on any atom is -0.508 e. The van der Waals surface area contributed by atoms with Crippen LogP contribution in [0.1, 0.15) is 25.8 Å². The molecule has 1 aromatic carbocycles. The van der Waals surface area contributed by atoms with Gasteiger partial charge in [0.15, 0.2) is 0 Å². The van der Waals surface area contributed by atoms with Gasteiger partial charge in [0.1, 0.15) is 5.75 Å². The van der Waals surface area contributed by atoms with Gasteiger partial charge in [-0.3, -0.25) is 4.57 Å².